The maximum Gasteiger partial charge on any atom is 0.216 e. The highest BCUT2D eigenvalue weighted by atomic mass is 16.1. The number of hydrogen-bond donors (Lipinski definition) is 3. The average molecular weight is 201 g/mol. The summed E-state index contributed by atoms with van der Waals surface area (Å²) in [5, 5.41) is 5.34. The molecule has 0 rings (SSSR count). The van der Waals surface area contributed by atoms with Crippen molar-refractivity contribution in [3.05, 3.63) is 0 Å². The van der Waals surface area contributed by atoms with Crippen LogP contribution in [0.1, 0.15) is 26.7 Å². The third kappa shape index (κ3) is 8.99. The first kappa shape index (κ1) is 12.9. The Labute approximate surface area is 84.4 Å². The van der Waals surface area contributed by atoms with Crippen LogP contribution in [0.5, 0.6) is 0 Å². The van der Waals surface area contributed by atoms with Crippen molar-refractivity contribution in [2.75, 3.05) is 13.1 Å². The van der Waals surface area contributed by atoms with Gasteiger partial charge in [0.25, 0.3) is 0 Å². The highest BCUT2D eigenvalue weighted by Crippen LogP contribution is 1.91. The number of nitrogens with two attached hydrogens (primary N) is 1. The van der Waals surface area contributed by atoms with E-state index in [-0.39, 0.29) is 17.9 Å². The molecule has 0 aromatic heterocycles. The lowest BCUT2D eigenvalue weighted by atomic mass is 10.1. The summed E-state index contributed by atoms with van der Waals surface area (Å²) >= 11 is 0. The van der Waals surface area contributed by atoms with Gasteiger partial charge in [-0.3, -0.25) is 9.59 Å². The van der Waals surface area contributed by atoms with Gasteiger partial charge in [-0.05, 0) is 12.8 Å². The van der Waals surface area contributed by atoms with Crippen LogP contribution in [0.2, 0.25) is 0 Å². The lowest BCUT2D eigenvalue weighted by molar-refractivity contribution is -0.119. The molecule has 0 aromatic rings. The van der Waals surface area contributed by atoms with Crippen LogP contribution in [0.3, 0.4) is 0 Å². The van der Waals surface area contributed by atoms with Gasteiger partial charge in [0.1, 0.15) is 0 Å². The predicted molar refractivity (Wildman–Crippen MR) is 54.6 cm³/mol. The standard InChI is InChI=1S/C9H19N3O2/c1-7(13)11-5-3-9(10)4-6-12-8(2)14/h9H,3-6,10H2,1-2H3,(H,11,13)(H,12,14). The Bertz CT molecular complexity index is 174. The Kier molecular flexibility index (Phi) is 6.74. The van der Waals surface area contributed by atoms with Crippen LogP contribution < -0.4 is 16.4 Å². The molecule has 14 heavy (non-hydrogen) atoms. The fraction of sp³-hybridized carbons (Fsp3) is 0.778. The zero-order valence-corrected chi connectivity index (χ0v) is 8.80. The predicted octanol–water partition coefficient (Wildman–Crippen LogP) is -0.634. The topological polar surface area (TPSA) is 84.2 Å². The molecule has 0 unspecified atom stereocenters. The summed E-state index contributed by atoms with van der Waals surface area (Å²) in [4.78, 5) is 21.0. The molecule has 0 aliphatic rings. The summed E-state index contributed by atoms with van der Waals surface area (Å²) in [5.41, 5.74) is 5.74. The fourth-order valence-electron chi connectivity index (χ4n) is 1.01. The third-order valence-corrected chi connectivity index (χ3v) is 1.78. The van der Waals surface area contributed by atoms with Gasteiger partial charge in [0.05, 0.1) is 0 Å². The molecule has 0 heterocycles. The van der Waals surface area contributed by atoms with Crippen molar-refractivity contribution in [2.45, 2.75) is 32.7 Å². The highest BCUT2D eigenvalue weighted by molar-refractivity contribution is 5.73. The number of hydrogen-bond acceptors (Lipinski definition) is 3. The van der Waals surface area contributed by atoms with Crippen LogP contribution in [0.15, 0.2) is 0 Å². The van der Waals surface area contributed by atoms with Crippen molar-refractivity contribution in [1.82, 2.24) is 10.6 Å². The molecule has 82 valence electrons. The minimum atomic E-state index is -0.0425. The van der Waals surface area contributed by atoms with Gasteiger partial charge < -0.3 is 16.4 Å². The average Bonchev–Trinajstić information content (AvgIpc) is 2.02. The van der Waals surface area contributed by atoms with Crippen molar-refractivity contribution in [3.8, 4) is 0 Å². The molecule has 0 saturated heterocycles. The second kappa shape index (κ2) is 7.32. The summed E-state index contributed by atoms with van der Waals surface area (Å²) in [7, 11) is 0. The molecule has 5 heteroatoms. The molecule has 0 aromatic carbocycles. The Hall–Kier alpha value is -1.10. The minimum Gasteiger partial charge on any atom is -0.356 e. The van der Waals surface area contributed by atoms with Crippen LogP contribution in [-0.4, -0.2) is 30.9 Å². The summed E-state index contributed by atoms with van der Waals surface area (Å²) in [6.45, 7) is 4.14. The van der Waals surface area contributed by atoms with Crippen LogP contribution in [0.4, 0.5) is 0 Å². The Balaban J connectivity index is 3.32. The molecular formula is C9H19N3O2. The second-order valence-electron chi connectivity index (χ2n) is 3.30. The van der Waals surface area contributed by atoms with Gasteiger partial charge in [-0.2, -0.15) is 0 Å². The summed E-state index contributed by atoms with van der Waals surface area (Å²) in [5.74, 6) is -0.0851. The van der Waals surface area contributed by atoms with E-state index < -0.39 is 0 Å². The molecule has 0 bridgehead atoms. The zero-order valence-electron chi connectivity index (χ0n) is 8.80. The van der Waals surface area contributed by atoms with Crippen molar-refractivity contribution in [1.29, 1.82) is 0 Å². The first-order valence-electron chi connectivity index (χ1n) is 4.77. The fourth-order valence-corrected chi connectivity index (χ4v) is 1.01. The van der Waals surface area contributed by atoms with Crippen LogP contribution in [-0.2, 0) is 9.59 Å². The van der Waals surface area contributed by atoms with Gasteiger partial charge in [0.15, 0.2) is 0 Å². The van der Waals surface area contributed by atoms with Gasteiger partial charge in [-0.1, -0.05) is 0 Å². The van der Waals surface area contributed by atoms with E-state index >= 15 is 0 Å². The Morgan fingerprint density at radius 1 is 1.07 bits per heavy atom. The van der Waals surface area contributed by atoms with E-state index in [0.717, 1.165) is 12.8 Å². The number of carbonyl (C=O) groups excluding carboxylic acids is 2. The molecule has 5 nitrogen and oxygen atoms in total. The van der Waals surface area contributed by atoms with Crippen molar-refractivity contribution in [2.24, 2.45) is 5.73 Å². The maximum absolute atomic E-state index is 10.5. The molecule has 0 radical (unpaired) electrons. The largest absolute Gasteiger partial charge is 0.356 e. The number of nitrogens with one attached hydrogen (secondary N) is 2. The van der Waals surface area contributed by atoms with E-state index in [1.807, 2.05) is 0 Å². The van der Waals surface area contributed by atoms with Gasteiger partial charge >= 0.3 is 0 Å². The SMILES string of the molecule is CC(=O)NCCC(N)CCNC(C)=O. The van der Waals surface area contributed by atoms with Crippen molar-refractivity contribution in [3.63, 3.8) is 0 Å². The van der Waals surface area contributed by atoms with Crippen molar-refractivity contribution >= 4 is 11.8 Å². The van der Waals surface area contributed by atoms with E-state index in [1.165, 1.54) is 13.8 Å². The van der Waals surface area contributed by atoms with Crippen LogP contribution in [0, 0.1) is 0 Å². The molecule has 0 aliphatic heterocycles. The summed E-state index contributed by atoms with van der Waals surface area (Å²) in [6, 6.07) is 0.0219. The summed E-state index contributed by atoms with van der Waals surface area (Å²) < 4.78 is 0. The second-order valence-corrected chi connectivity index (χ2v) is 3.30. The van der Waals surface area contributed by atoms with E-state index in [0.29, 0.717) is 13.1 Å². The molecule has 0 aliphatic carbocycles. The lowest BCUT2D eigenvalue weighted by Gasteiger charge is -2.11. The Morgan fingerprint density at radius 3 is 1.71 bits per heavy atom. The van der Waals surface area contributed by atoms with E-state index in [4.69, 9.17) is 5.73 Å². The molecule has 0 saturated carbocycles. The van der Waals surface area contributed by atoms with Gasteiger partial charge in [-0.25, -0.2) is 0 Å². The maximum atomic E-state index is 10.5. The number of amides is 2. The van der Waals surface area contributed by atoms with Gasteiger partial charge in [0.2, 0.25) is 11.8 Å². The molecule has 4 N–H and O–H groups in total. The smallest absolute Gasteiger partial charge is 0.216 e. The molecule has 0 spiro atoms. The minimum absolute atomic E-state index is 0.0219. The van der Waals surface area contributed by atoms with Crippen molar-refractivity contribution < 1.29 is 9.59 Å². The van der Waals surface area contributed by atoms with Gasteiger partial charge in [-0.15, -0.1) is 0 Å². The van der Waals surface area contributed by atoms with E-state index in [1.54, 1.807) is 0 Å². The van der Waals surface area contributed by atoms with Gasteiger partial charge in [0, 0.05) is 33.0 Å². The first-order chi connectivity index (χ1) is 6.52. The zero-order chi connectivity index (χ0) is 11.0. The molecule has 2 amide bonds. The van der Waals surface area contributed by atoms with Crippen LogP contribution >= 0.6 is 0 Å². The lowest BCUT2D eigenvalue weighted by Crippen LogP contribution is -2.32. The molecular weight excluding hydrogens is 182 g/mol. The normalized spacial score (nSPS) is 10.0. The Morgan fingerprint density at radius 2 is 1.43 bits per heavy atom. The third-order valence-electron chi connectivity index (χ3n) is 1.78. The van der Waals surface area contributed by atoms with E-state index in [9.17, 15) is 9.59 Å². The highest BCUT2D eigenvalue weighted by Gasteiger charge is 2.02. The number of carbonyl (C=O) groups is 2. The van der Waals surface area contributed by atoms with Crippen LogP contribution in [0.25, 0.3) is 0 Å². The van der Waals surface area contributed by atoms with E-state index in [2.05, 4.69) is 10.6 Å². The quantitative estimate of drug-likeness (QED) is 0.535. The molecule has 0 fully saturated rings. The summed E-state index contributed by atoms with van der Waals surface area (Å²) in [6.07, 6.45) is 1.47. The monoisotopic (exact) mass is 201 g/mol. The first-order valence-corrected chi connectivity index (χ1v) is 4.77. The number of rotatable bonds is 6. The molecule has 0 atom stereocenters.